The van der Waals surface area contributed by atoms with Gasteiger partial charge in [0.1, 0.15) is 0 Å². The van der Waals surface area contributed by atoms with Gasteiger partial charge in [0.25, 0.3) is 0 Å². The summed E-state index contributed by atoms with van der Waals surface area (Å²) in [7, 11) is 1.78. The Morgan fingerprint density at radius 3 is 2.71 bits per heavy atom. The summed E-state index contributed by atoms with van der Waals surface area (Å²) in [6, 6.07) is 10.1. The summed E-state index contributed by atoms with van der Waals surface area (Å²) in [5.41, 5.74) is 2.48. The van der Waals surface area contributed by atoms with Crippen LogP contribution in [-0.4, -0.2) is 42.8 Å². The van der Waals surface area contributed by atoms with Crippen LogP contribution in [0.25, 0.3) is 0 Å². The Hall–Kier alpha value is -1.19. The average molecular weight is 514 g/mol. The fourth-order valence-corrected chi connectivity index (χ4v) is 4.61. The molecule has 28 heavy (non-hydrogen) atoms. The van der Waals surface area contributed by atoms with Crippen LogP contribution in [0.1, 0.15) is 46.3 Å². The molecule has 2 aromatic rings. The molecule has 0 fully saturated rings. The number of aromatic nitrogens is 1. The van der Waals surface area contributed by atoms with Crippen LogP contribution in [-0.2, 0) is 19.3 Å². The Morgan fingerprint density at radius 1 is 1.21 bits per heavy atom. The first kappa shape index (κ1) is 23.1. The van der Waals surface area contributed by atoms with Crippen molar-refractivity contribution in [1.82, 2.24) is 15.6 Å². The second-order valence-corrected chi connectivity index (χ2v) is 8.13. The molecule has 0 saturated heterocycles. The SMILES string of the molecule is CN=C(NCCCc1nc2c(s1)CCCC2)NCC(CO)c1ccccc1.I. The molecule has 0 bridgehead atoms. The highest BCUT2D eigenvalue weighted by molar-refractivity contribution is 14.0. The van der Waals surface area contributed by atoms with Gasteiger partial charge in [-0.25, -0.2) is 4.98 Å². The second-order valence-electron chi connectivity index (χ2n) is 6.96. The van der Waals surface area contributed by atoms with E-state index in [0.717, 1.165) is 37.3 Å². The molecule has 154 valence electrons. The summed E-state index contributed by atoms with van der Waals surface area (Å²) in [6.45, 7) is 1.63. The van der Waals surface area contributed by atoms with Crippen LogP contribution < -0.4 is 10.6 Å². The topological polar surface area (TPSA) is 69.5 Å². The summed E-state index contributed by atoms with van der Waals surface area (Å²) >= 11 is 1.90. The van der Waals surface area contributed by atoms with E-state index in [1.54, 1.807) is 7.05 Å². The number of guanidine groups is 1. The number of fused-ring (bicyclic) bond motifs is 1. The number of nitrogens with zero attached hydrogens (tertiary/aromatic N) is 2. The Labute approximate surface area is 189 Å². The van der Waals surface area contributed by atoms with Crippen molar-refractivity contribution < 1.29 is 5.11 Å². The highest BCUT2D eigenvalue weighted by atomic mass is 127. The van der Waals surface area contributed by atoms with E-state index in [-0.39, 0.29) is 36.5 Å². The largest absolute Gasteiger partial charge is 0.396 e. The Morgan fingerprint density at radius 2 is 2.00 bits per heavy atom. The molecule has 1 atom stereocenters. The van der Waals surface area contributed by atoms with Crippen LogP contribution in [0.4, 0.5) is 0 Å². The standard InChI is InChI=1S/C21H30N4OS.HI/c1-22-21(24-14-17(15-26)16-8-3-2-4-9-16)23-13-7-12-20-25-18-10-5-6-11-19(18)27-20;/h2-4,8-9,17,26H,5-7,10-15H2,1H3,(H2,22,23,24);1H. The van der Waals surface area contributed by atoms with Crippen LogP contribution >= 0.6 is 35.3 Å². The quantitative estimate of drug-likeness (QED) is 0.218. The lowest BCUT2D eigenvalue weighted by atomic mass is 10.0. The minimum absolute atomic E-state index is 0. The number of nitrogens with one attached hydrogen (secondary N) is 2. The first-order valence-electron chi connectivity index (χ1n) is 9.88. The third-order valence-corrected chi connectivity index (χ3v) is 6.20. The van der Waals surface area contributed by atoms with E-state index < -0.39 is 0 Å². The van der Waals surface area contributed by atoms with Gasteiger partial charge in [0, 0.05) is 37.4 Å². The van der Waals surface area contributed by atoms with E-state index in [4.69, 9.17) is 4.98 Å². The number of aliphatic imine (C=N–C) groups is 1. The van der Waals surface area contributed by atoms with Crippen molar-refractivity contribution in [2.75, 3.05) is 26.7 Å². The molecule has 5 nitrogen and oxygen atoms in total. The van der Waals surface area contributed by atoms with E-state index in [1.165, 1.54) is 34.8 Å². The Balaban J connectivity index is 0.00000280. The molecule has 3 N–H and O–H groups in total. The Bertz CT molecular complexity index is 712. The van der Waals surface area contributed by atoms with Crippen molar-refractivity contribution in [3.63, 3.8) is 0 Å². The van der Waals surface area contributed by atoms with Crippen molar-refractivity contribution in [3.05, 3.63) is 51.5 Å². The lowest BCUT2D eigenvalue weighted by molar-refractivity contribution is 0.265. The normalized spacial score (nSPS) is 14.7. The van der Waals surface area contributed by atoms with Crippen LogP contribution in [0.5, 0.6) is 0 Å². The van der Waals surface area contributed by atoms with Crippen LogP contribution in [0.3, 0.4) is 0 Å². The predicted octanol–water partition coefficient (Wildman–Crippen LogP) is 3.51. The second kappa shape index (κ2) is 12.4. The van der Waals surface area contributed by atoms with E-state index in [1.807, 2.05) is 41.7 Å². The number of aryl methyl sites for hydroxylation is 3. The maximum atomic E-state index is 9.67. The minimum atomic E-state index is 0. The van der Waals surface area contributed by atoms with Gasteiger partial charge in [-0.2, -0.15) is 0 Å². The molecular weight excluding hydrogens is 483 g/mol. The minimum Gasteiger partial charge on any atom is -0.396 e. The smallest absolute Gasteiger partial charge is 0.190 e. The number of benzene rings is 1. The van der Waals surface area contributed by atoms with Gasteiger partial charge in [0.15, 0.2) is 5.96 Å². The van der Waals surface area contributed by atoms with E-state index in [2.05, 4.69) is 15.6 Å². The van der Waals surface area contributed by atoms with E-state index in [9.17, 15) is 5.11 Å². The van der Waals surface area contributed by atoms with E-state index >= 15 is 0 Å². The fraction of sp³-hybridized carbons (Fsp3) is 0.524. The molecular formula is C21H31IN4OS. The number of aliphatic hydroxyl groups excluding tert-OH is 1. The van der Waals surface area contributed by atoms with Gasteiger partial charge in [-0.05, 0) is 37.7 Å². The number of thiazole rings is 1. The van der Waals surface area contributed by atoms with Crippen LogP contribution in [0, 0.1) is 0 Å². The summed E-state index contributed by atoms with van der Waals surface area (Å²) in [5.74, 6) is 0.842. The molecule has 1 heterocycles. The van der Waals surface area contributed by atoms with Gasteiger partial charge >= 0.3 is 0 Å². The average Bonchev–Trinajstić information content (AvgIpc) is 3.13. The van der Waals surface area contributed by atoms with Crippen molar-refractivity contribution in [2.45, 2.75) is 44.4 Å². The van der Waals surface area contributed by atoms with Crippen molar-refractivity contribution in [1.29, 1.82) is 0 Å². The van der Waals surface area contributed by atoms with Gasteiger partial charge in [0.2, 0.25) is 0 Å². The molecule has 0 radical (unpaired) electrons. The van der Waals surface area contributed by atoms with Gasteiger partial charge in [0.05, 0.1) is 17.3 Å². The van der Waals surface area contributed by atoms with Crippen molar-refractivity contribution >= 4 is 41.3 Å². The summed E-state index contributed by atoms with van der Waals surface area (Å²) < 4.78 is 0. The van der Waals surface area contributed by atoms with Gasteiger partial charge in [-0.1, -0.05) is 30.3 Å². The zero-order chi connectivity index (χ0) is 18.9. The number of hydrogen-bond acceptors (Lipinski definition) is 4. The molecule has 1 aliphatic rings. The first-order chi connectivity index (χ1) is 13.3. The van der Waals surface area contributed by atoms with Crippen LogP contribution in [0.15, 0.2) is 35.3 Å². The molecule has 1 aromatic heterocycles. The number of aliphatic hydroxyl groups is 1. The van der Waals surface area contributed by atoms with Gasteiger partial charge < -0.3 is 15.7 Å². The Kier molecular flexibility index (Phi) is 10.2. The number of halogens is 1. The molecule has 7 heteroatoms. The summed E-state index contributed by atoms with van der Waals surface area (Å²) in [4.78, 5) is 10.6. The zero-order valence-electron chi connectivity index (χ0n) is 16.5. The van der Waals surface area contributed by atoms with Gasteiger partial charge in [-0.15, -0.1) is 35.3 Å². The third-order valence-electron chi connectivity index (χ3n) is 4.98. The third kappa shape index (κ3) is 6.70. The lowest BCUT2D eigenvalue weighted by Crippen LogP contribution is -2.40. The van der Waals surface area contributed by atoms with Crippen molar-refractivity contribution in [3.8, 4) is 0 Å². The highest BCUT2D eigenvalue weighted by Crippen LogP contribution is 2.27. The summed E-state index contributed by atoms with van der Waals surface area (Å²) in [6.07, 6.45) is 7.04. The van der Waals surface area contributed by atoms with E-state index in [0.29, 0.717) is 6.54 Å². The number of hydrogen-bond donors (Lipinski definition) is 3. The molecule has 1 unspecified atom stereocenters. The maximum absolute atomic E-state index is 9.67. The predicted molar refractivity (Wildman–Crippen MR) is 128 cm³/mol. The molecule has 1 aromatic carbocycles. The monoisotopic (exact) mass is 514 g/mol. The lowest BCUT2D eigenvalue weighted by Gasteiger charge is -2.18. The van der Waals surface area contributed by atoms with Gasteiger partial charge in [-0.3, -0.25) is 4.99 Å². The zero-order valence-corrected chi connectivity index (χ0v) is 19.6. The highest BCUT2D eigenvalue weighted by Gasteiger charge is 2.15. The molecule has 0 spiro atoms. The first-order valence-corrected chi connectivity index (χ1v) is 10.7. The maximum Gasteiger partial charge on any atom is 0.190 e. The molecule has 0 amide bonds. The molecule has 0 saturated carbocycles. The molecule has 0 aliphatic heterocycles. The number of rotatable bonds is 8. The fourth-order valence-electron chi connectivity index (χ4n) is 3.41. The summed E-state index contributed by atoms with van der Waals surface area (Å²) in [5, 5.41) is 17.6. The van der Waals surface area contributed by atoms with Crippen LogP contribution in [0.2, 0.25) is 0 Å². The molecule has 3 rings (SSSR count). The van der Waals surface area contributed by atoms with Crippen molar-refractivity contribution in [2.24, 2.45) is 4.99 Å². The molecule has 1 aliphatic carbocycles.